The molecule has 0 aliphatic heterocycles. The van der Waals surface area contributed by atoms with Crippen LogP contribution in [-0.2, 0) is 19.1 Å². The van der Waals surface area contributed by atoms with Crippen LogP contribution in [0.2, 0.25) is 0 Å². The Morgan fingerprint density at radius 2 is 0.923 bits per heavy atom. The molecule has 0 rings (SSSR count). The van der Waals surface area contributed by atoms with E-state index in [0.717, 1.165) is 77.5 Å². The summed E-state index contributed by atoms with van der Waals surface area (Å²) in [5.41, 5.74) is 4.50. The van der Waals surface area contributed by atoms with Gasteiger partial charge in [0, 0.05) is 22.2 Å². The molecule has 0 aliphatic carbocycles. The molecule has 0 heterocycles. The van der Waals surface area contributed by atoms with Gasteiger partial charge in [0.05, 0.1) is 6.61 Å². The Kier molecular flexibility index (Phi) is 47.5. The highest BCUT2D eigenvalue weighted by atomic mass is 32.1. The Labute approximate surface area is 333 Å². The molecule has 1 atom stereocenters. The van der Waals surface area contributed by atoms with Crippen LogP contribution < -0.4 is 10.5 Å². The van der Waals surface area contributed by atoms with Gasteiger partial charge in [0.25, 0.3) is 0 Å². The third-order valence-corrected chi connectivity index (χ3v) is 10.3. The normalized spacial score (nSPS) is 11.8. The van der Waals surface area contributed by atoms with Crippen molar-refractivity contribution < 1.29 is 21.9 Å². The van der Waals surface area contributed by atoms with Crippen molar-refractivity contribution in [1.29, 1.82) is 0 Å². The monoisotopic (exact) mass is 762 g/mol. The number of carbonyl (C=O) groups excluding carboxylic acids is 2. The summed E-state index contributed by atoms with van der Waals surface area (Å²) < 4.78 is 14.4. The first-order valence-corrected chi connectivity index (χ1v) is 23.0. The van der Waals surface area contributed by atoms with Crippen molar-refractivity contribution in [2.75, 3.05) is 39.8 Å². The molecular weight excluding hydrogens is 667 g/mol. The Bertz CT molecular complexity index is 727. The summed E-state index contributed by atoms with van der Waals surface area (Å²) in [5.74, 6) is 0.0142. The zero-order chi connectivity index (χ0) is 38.6. The van der Waals surface area contributed by atoms with Crippen LogP contribution in [0.15, 0.2) is 0 Å². The second-order valence-corrected chi connectivity index (χ2v) is 15.3. The van der Waals surface area contributed by atoms with Gasteiger partial charge < -0.3 is 20.1 Å². The van der Waals surface area contributed by atoms with Crippen LogP contribution in [0.5, 0.6) is 0 Å². The minimum absolute atomic E-state index is 0. The van der Waals surface area contributed by atoms with E-state index in [1.54, 1.807) is 0 Å². The fourth-order valence-electron chi connectivity index (χ4n) is 6.76. The second-order valence-electron chi connectivity index (χ2n) is 15.0. The molecule has 3 N–H and O–H groups in total. The first kappa shape index (κ1) is 53.3. The summed E-state index contributed by atoms with van der Waals surface area (Å²) in [6, 6.07) is 0. The Morgan fingerprint density at radius 1 is 0.538 bits per heavy atom. The highest BCUT2D eigenvalue weighted by Gasteiger charge is 2.14. The average Bonchev–Trinajstić information content (AvgIpc) is 3.15. The molecule has 0 amide bonds. The number of carbonyl (C=O) groups is 2. The van der Waals surface area contributed by atoms with Crippen LogP contribution in [0.1, 0.15) is 229 Å². The van der Waals surface area contributed by atoms with Crippen LogP contribution in [0.4, 0.5) is 0 Å². The van der Waals surface area contributed by atoms with Crippen LogP contribution in [-0.4, -0.2) is 62.8 Å². The number of nitrogens with one attached hydrogen (secondary N) is 1. The van der Waals surface area contributed by atoms with Gasteiger partial charge in [-0.15, -0.1) is 0 Å². The average molecular weight is 762 g/mol. The highest BCUT2D eigenvalue weighted by molar-refractivity contribution is 7.78. The third-order valence-electron chi connectivity index (χ3n) is 10.0. The molecule has 0 fully saturated rings. The topological polar surface area (TPSA) is 93.9 Å². The second kappa shape index (κ2) is 46.3. The van der Waals surface area contributed by atoms with Crippen LogP contribution in [0, 0.1) is 0 Å². The Balaban J connectivity index is -0.00000307. The maximum Gasteiger partial charge on any atom is 0.306 e. The van der Waals surface area contributed by atoms with Crippen LogP contribution in [0.3, 0.4) is 0 Å². The molecule has 0 aromatic carbocycles. The van der Waals surface area contributed by atoms with E-state index >= 15 is 0 Å². The lowest BCUT2D eigenvalue weighted by Crippen LogP contribution is -2.28. The minimum Gasteiger partial charge on any atom is -0.466 e. The molecule has 0 spiro atoms. The molecule has 0 aromatic rings. The van der Waals surface area contributed by atoms with Crippen molar-refractivity contribution in [3.8, 4) is 0 Å². The number of esters is 2. The number of hydrogen-bond donors (Lipinski definition) is 3. The molecule has 0 aromatic heterocycles. The van der Waals surface area contributed by atoms with Crippen molar-refractivity contribution in [2.45, 2.75) is 232 Å². The zero-order valence-corrected chi connectivity index (χ0v) is 36.2. The molecule has 0 aliphatic rings. The summed E-state index contributed by atoms with van der Waals surface area (Å²) in [6.07, 6.45) is 37.3. The third kappa shape index (κ3) is 41.9. The number of unbranched alkanes of at least 4 members (excludes halogenated alkanes) is 22. The molecule has 0 saturated heterocycles. The van der Waals surface area contributed by atoms with E-state index in [1.807, 2.05) is 0 Å². The van der Waals surface area contributed by atoms with Crippen molar-refractivity contribution in [1.82, 2.24) is 9.62 Å². The van der Waals surface area contributed by atoms with Gasteiger partial charge in [-0.25, -0.2) is 0 Å². The number of hydrogen-bond acceptors (Lipinski definition) is 8. The van der Waals surface area contributed by atoms with E-state index in [9.17, 15) is 9.59 Å². The predicted octanol–water partition coefficient (Wildman–Crippen LogP) is 12.8. The van der Waals surface area contributed by atoms with Gasteiger partial charge in [-0.2, -0.15) is 0 Å². The Morgan fingerprint density at radius 3 is 1.40 bits per heavy atom. The van der Waals surface area contributed by atoms with Gasteiger partial charge in [0.2, 0.25) is 0 Å². The first-order valence-electron chi connectivity index (χ1n) is 22.6. The highest BCUT2D eigenvalue weighted by Crippen LogP contribution is 2.18. The summed E-state index contributed by atoms with van der Waals surface area (Å²) in [7, 11) is 1.50. The summed E-state index contributed by atoms with van der Waals surface area (Å²) in [6.45, 7) is 11.7. The molecule has 1 unspecified atom stereocenters. The fourth-order valence-corrected chi connectivity index (χ4v) is 6.92. The van der Waals surface area contributed by atoms with Crippen LogP contribution in [0.25, 0.3) is 0 Å². The smallest absolute Gasteiger partial charge is 0.306 e. The number of nitrogens with zero attached hydrogens (tertiary/aromatic N) is 1. The van der Waals surface area contributed by atoms with Gasteiger partial charge in [-0.05, 0) is 90.9 Å². The van der Waals surface area contributed by atoms with Gasteiger partial charge in [0.15, 0.2) is 0 Å². The number of rotatable bonds is 41. The van der Waals surface area contributed by atoms with E-state index in [4.69, 9.17) is 9.47 Å². The summed E-state index contributed by atoms with van der Waals surface area (Å²) in [5, 5.41) is 0. The lowest BCUT2D eigenvalue weighted by molar-refractivity contribution is -0.150. The molecule has 316 valence electrons. The standard InChI is InChI=1S/C43H86N2O4S.CH5N.2H2/c1-4-7-10-13-18-25-33-41(32-24-17-12-9-6-3)49-43(47)35-27-20-16-22-29-38-45(39-31-36-44-50)37-28-21-15-19-26-34-42(46)48-40-30-23-14-11-8-5-2;1-2;;/h41,44,50H,4-40H2,1-3H3;2H2,1H3;2*1H. The number of thiol groups is 1. The molecule has 7 nitrogen and oxygen atoms in total. The van der Waals surface area contributed by atoms with E-state index < -0.39 is 0 Å². The lowest BCUT2D eigenvalue weighted by atomic mass is 10.0. The maximum atomic E-state index is 12.7. The van der Waals surface area contributed by atoms with Crippen molar-refractivity contribution >= 4 is 24.8 Å². The van der Waals surface area contributed by atoms with E-state index in [1.165, 1.54) is 148 Å². The molecule has 0 bridgehead atoms. The quantitative estimate of drug-likeness (QED) is 0.0324. The number of ether oxygens (including phenoxy) is 2. The molecule has 52 heavy (non-hydrogen) atoms. The first-order chi connectivity index (χ1) is 25.6. The molecular formula is C44H95N3O4S. The van der Waals surface area contributed by atoms with Gasteiger partial charge >= 0.3 is 11.9 Å². The largest absolute Gasteiger partial charge is 0.466 e. The molecule has 8 heteroatoms. The van der Waals surface area contributed by atoms with Crippen molar-refractivity contribution in [3.63, 3.8) is 0 Å². The fraction of sp³-hybridized carbons (Fsp3) is 0.955. The van der Waals surface area contributed by atoms with E-state index in [0.29, 0.717) is 19.4 Å². The van der Waals surface area contributed by atoms with Crippen LogP contribution >= 0.6 is 12.8 Å². The van der Waals surface area contributed by atoms with Gasteiger partial charge in [-0.1, -0.05) is 162 Å². The summed E-state index contributed by atoms with van der Waals surface area (Å²) >= 11 is 4.17. The molecule has 0 saturated carbocycles. The van der Waals surface area contributed by atoms with Crippen molar-refractivity contribution in [3.05, 3.63) is 0 Å². The predicted molar refractivity (Wildman–Crippen MR) is 233 cm³/mol. The SMILES string of the molecule is CCCCCCCCOC(=O)CCCCCCCN(CCCCCCCC(=O)OC(CCCCCCC)CCCCCCCC)CCCNS.CN.[HH].[HH]. The van der Waals surface area contributed by atoms with E-state index in [-0.39, 0.29) is 20.9 Å². The van der Waals surface area contributed by atoms with Gasteiger partial charge in [0.1, 0.15) is 6.10 Å². The minimum atomic E-state index is -0.0154. The number of nitrogens with two attached hydrogens (primary N) is 1. The maximum absolute atomic E-state index is 12.7. The summed E-state index contributed by atoms with van der Waals surface area (Å²) in [4.78, 5) is 27.3. The zero-order valence-electron chi connectivity index (χ0n) is 35.3. The van der Waals surface area contributed by atoms with E-state index in [2.05, 4.69) is 48.9 Å². The van der Waals surface area contributed by atoms with Crippen molar-refractivity contribution in [2.24, 2.45) is 5.73 Å². The van der Waals surface area contributed by atoms with Gasteiger partial charge in [-0.3, -0.25) is 14.3 Å². The lowest BCUT2D eigenvalue weighted by Gasteiger charge is -2.22. The molecule has 0 radical (unpaired) electrons. The Hall–Kier alpha value is -0.830.